The number of nitrogens with one attached hydrogen (secondary N) is 1. The first-order valence-electron chi connectivity index (χ1n) is 5.80. The van der Waals surface area contributed by atoms with Gasteiger partial charge in [-0.15, -0.1) is 0 Å². The Hall–Kier alpha value is -0.700. The van der Waals surface area contributed by atoms with Crippen LogP contribution in [0.15, 0.2) is 5.16 Å². The Morgan fingerprint density at radius 1 is 1.61 bits per heavy atom. The molecule has 0 aliphatic heterocycles. The van der Waals surface area contributed by atoms with E-state index in [2.05, 4.69) is 21.6 Å². The van der Waals surface area contributed by atoms with Crippen LogP contribution in [-0.2, 0) is 4.79 Å². The standard InChI is InChI=1S/C10H19N5OS2/c1-3-6-17-10-13-9(18-14-10)12-8(16)7-15(2)5-4-11/h3-7,11H2,1-2H3,(H,12,13,14,16). The molecule has 0 atom stereocenters. The lowest BCUT2D eigenvalue weighted by Crippen LogP contribution is -2.33. The highest BCUT2D eigenvalue weighted by Crippen LogP contribution is 2.20. The first-order chi connectivity index (χ1) is 8.65. The smallest absolute Gasteiger partial charge is 0.240 e. The molecule has 0 saturated carbocycles. The summed E-state index contributed by atoms with van der Waals surface area (Å²) >= 11 is 2.81. The van der Waals surface area contributed by atoms with Crippen molar-refractivity contribution in [2.24, 2.45) is 5.73 Å². The van der Waals surface area contributed by atoms with Crippen LogP contribution in [0.25, 0.3) is 0 Å². The highest BCUT2D eigenvalue weighted by atomic mass is 32.2. The lowest BCUT2D eigenvalue weighted by atomic mass is 10.5. The van der Waals surface area contributed by atoms with Crippen molar-refractivity contribution >= 4 is 34.3 Å². The monoisotopic (exact) mass is 289 g/mol. The van der Waals surface area contributed by atoms with Gasteiger partial charge < -0.3 is 5.73 Å². The maximum atomic E-state index is 11.7. The van der Waals surface area contributed by atoms with Crippen molar-refractivity contribution < 1.29 is 4.79 Å². The summed E-state index contributed by atoms with van der Waals surface area (Å²) in [5.41, 5.74) is 5.41. The number of amides is 1. The third-order valence-corrected chi connectivity index (χ3v) is 3.81. The van der Waals surface area contributed by atoms with Gasteiger partial charge in [-0.05, 0) is 13.5 Å². The van der Waals surface area contributed by atoms with Crippen molar-refractivity contribution in [3.8, 4) is 0 Å². The second-order valence-electron chi connectivity index (χ2n) is 3.81. The summed E-state index contributed by atoms with van der Waals surface area (Å²) in [6, 6.07) is 0. The van der Waals surface area contributed by atoms with E-state index in [4.69, 9.17) is 5.73 Å². The number of carbonyl (C=O) groups is 1. The van der Waals surface area contributed by atoms with Gasteiger partial charge in [0.05, 0.1) is 6.54 Å². The second kappa shape index (κ2) is 8.41. The number of carbonyl (C=O) groups excluding carboxylic acids is 1. The van der Waals surface area contributed by atoms with Crippen molar-refractivity contribution in [2.75, 3.05) is 37.8 Å². The molecular weight excluding hydrogens is 270 g/mol. The first kappa shape index (κ1) is 15.4. The summed E-state index contributed by atoms with van der Waals surface area (Å²) in [7, 11) is 1.86. The molecule has 8 heteroatoms. The predicted octanol–water partition coefficient (Wildman–Crippen LogP) is 0.869. The van der Waals surface area contributed by atoms with Gasteiger partial charge in [0.25, 0.3) is 0 Å². The highest BCUT2D eigenvalue weighted by molar-refractivity contribution is 7.99. The van der Waals surface area contributed by atoms with Gasteiger partial charge >= 0.3 is 0 Å². The summed E-state index contributed by atoms with van der Waals surface area (Å²) in [5.74, 6) is 0.901. The third-order valence-electron chi connectivity index (χ3n) is 2.01. The third kappa shape index (κ3) is 5.76. The fourth-order valence-electron chi connectivity index (χ4n) is 1.22. The maximum absolute atomic E-state index is 11.7. The van der Waals surface area contributed by atoms with Gasteiger partial charge in [0.2, 0.25) is 16.2 Å². The van der Waals surface area contributed by atoms with E-state index in [1.807, 2.05) is 11.9 Å². The molecule has 1 aromatic rings. The van der Waals surface area contributed by atoms with Gasteiger partial charge in [-0.2, -0.15) is 9.36 Å². The Labute approximate surface area is 116 Å². The Balaban J connectivity index is 2.37. The van der Waals surface area contributed by atoms with E-state index in [0.717, 1.165) is 17.3 Å². The number of thioether (sulfide) groups is 1. The number of nitrogens with zero attached hydrogens (tertiary/aromatic N) is 3. The maximum Gasteiger partial charge on any atom is 0.240 e. The first-order valence-corrected chi connectivity index (χ1v) is 7.56. The van der Waals surface area contributed by atoms with Crippen LogP contribution in [0.1, 0.15) is 13.3 Å². The lowest BCUT2D eigenvalue weighted by molar-refractivity contribution is -0.117. The second-order valence-corrected chi connectivity index (χ2v) is 5.62. The zero-order valence-electron chi connectivity index (χ0n) is 10.7. The van der Waals surface area contributed by atoms with Crippen molar-refractivity contribution in [1.82, 2.24) is 14.3 Å². The Morgan fingerprint density at radius 2 is 2.39 bits per heavy atom. The molecule has 0 aliphatic carbocycles. The van der Waals surface area contributed by atoms with E-state index < -0.39 is 0 Å². The molecule has 3 N–H and O–H groups in total. The van der Waals surface area contributed by atoms with Gasteiger partial charge in [-0.25, -0.2) is 0 Å². The SMILES string of the molecule is CCCSc1nsc(NC(=O)CN(C)CCN)n1. The number of hydrogen-bond donors (Lipinski definition) is 2. The molecule has 102 valence electrons. The van der Waals surface area contributed by atoms with Crippen LogP contribution in [0.2, 0.25) is 0 Å². The normalized spacial score (nSPS) is 10.9. The molecule has 18 heavy (non-hydrogen) atoms. The van der Waals surface area contributed by atoms with Crippen LogP contribution in [0.5, 0.6) is 0 Å². The van der Waals surface area contributed by atoms with Gasteiger partial charge in [0, 0.05) is 30.4 Å². The quantitative estimate of drug-likeness (QED) is 0.691. The van der Waals surface area contributed by atoms with Crippen LogP contribution in [0, 0.1) is 0 Å². The molecule has 1 amide bonds. The zero-order chi connectivity index (χ0) is 13.4. The Bertz CT molecular complexity index is 371. The summed E-state index contributed by atoms with van der Waals surface area (Å²) in [6.07, 6.45) is 1.08. The number of hydrogen-bond acceptors (Lipinski definition) is 7. The van der Waals surface area contributed by atoms with E-state index in [0.29, 0.717) is 24.8 Å². The predicted molar refractivity (Wildman–Crippen MR) is 76.1 cm³/mol. The molecule has 6 nitrogen and oxygen atoms in total. The minimum atomic E-state index is -0.0888. The van der Waals surface area contributed by atoms with Crippen LogP contribution in [0.4, 0.5) is 5.13 Å². The molecule has 0 aliphatic rings. The molecule has 0 bridgehead atoms. The van der Waals surface area contributed by atoms with Gasteiger partial charge in [0.1, 0.15) is 0 Å². The average Bonchev–Trinajstić information content (AvgIpc) is 2.74. The van der Waals surface area contributed by atoms with Crippen LogP contribution >= 0.6 is 23.3 Å². The summed E-state index contributed by atoms with van der Waals surface area (Å²) in [5, 5.41) is 4.02. The fraction of sp³-hybridized carbons (Fsp3) is 0.700. The van der Waals surface area contributed by atoms with Crippen molar-refractivity contribution in [1.29, 1.82) is 0 Å². The van der Waals surface area contributed by atoms with Crippen molar-refractivity contribution in [3.63, 3.8) is 0 Å². The topological polar surface area (TPSA) is 84.1 Å². The number of aromatic nitrogens is 2. The van der Waals surface area contributed by atoms with Crippen molar-refractivity contribution in [3.05, 3.63) is 0 Å². The number of nitrogens with two attached hydrogens (primary N) is 1. The largest absolute Gasteiger partial charge is 0.329 e. The Kier molecular flexibility index (Phi) is 7.18. The van der Waals surface area contributed by atoms with E-state index in [1.165, 1.54) is 11.5 Å². The Morgan fingerprint density at radius 3 is 3.06 bits per heavy atom. The van der Waals surface area contributed by atoms with Gasteiger partial charge in [-0.1, -0.05) is 18.7 Å². The van der Waals surface area contributed by atoms with E-state index in [1.54, 1.807) is 11.8 Å². The lowest BCUT2D eigenvalue weighted by Gasteiger charge is -2.13. The van der Waals surface area contributed by atoms with Gasteiger partial charge in [-0.3, -0.25) is 15.0 Å². The molecule has 0 fully saturated rings. The molecule has 1 aromatic heterocycles. The molecular formula is C10H19N5OS2. The van der Waals surface area contributed by atoms with E-state index in [9.17, 15) is 4.79 Å². The van der Waals surface area contributed by atoms with E-state index >= 15 is 0 Å². The molecule has 0 aromatic carbocycles. The molecule has 0 radical (unpaired) electrons. The van der Waals surface area contributed by atoms with Crippen LogP contribution < -0.4 is 11.1 Å². The highest BCUT2D eigenvalue weighted by Gasteiger charge is 2.10. The number of anilines is 1. The molecule has 1 rings (SSSR count). The average molecular weight is 289 g/mol. The van der Waals surface area contributed by atoms with E-state index in [-0.39, 0.29) is 5.91 Å². The summed E-state index contributed by atoms with van der Waals surface area (Å²) in [4.78, 5) is 17.8. The number of rotatable bonds is 8. The summed E-state index contributed by atoms with van der Waals surface area (Å²) in [6.45, 7) is 3.66. The van der Waals surface area contributed by atoms with Crippen LogP contribution in [0.3, 0.4) is 0 Å². The molecule has 0 unspecified atom stereocenters. The molecule has 0 saturated heterocycles. The number of likely N-dealkylation sites (N-methyl/N-ethyl adjacent to an activating group) is 1. The van der Waals surface area contributed by atoms with Gasteiger partial charge in [0.15, 0.2) is 0 Å². The minimum Gasteiger partial charge on any atom is -0.329 e. The zero-order valence-corrected chi connectivity index (χ0v) is 12.3. The summed E-state index contributed by atoms with van der Waals surface area (Å²) < 4.78 is 4.17. The fourth-order valence-corrected chi connectivity index (χ4v) is 2.63. The van der Waals surface area contributed by atoms with Crippen molar-refractivity contribution in [2.45, 2.75) is 18.5 Å². The minimum absolute atomic E-state index is 0.0888. The molecule has 0 spiro atoms. The molecule has 1 heterocycles. The van der Waals surface area contributed by atoms with Crippen LogP contribution in [-0.4, -0.2) is 52.6 Å².